The number of aliphatic imine (C=N–C) groups is 1. The molecule has 8 heteroatoms. The van der Waals surface area contributed by atoms with Gasteiger partial charge in [-0.15, -0.1) is 0 Å². The maximum Gasteiger partial charge on any atom is 0.344 e. The van der Waals surface area contributed by atoms with Crippen LogP contribution in [0.25, 0.3) is 0 Å². The van der Waals surface area contributed by atoms with Crippen LogP contribution in [0.15, 0.2) is 40.5 Å². The zero-order chi connectivity index (χ0) is 21.2. The summed E-state index contributed by atoms with van der Waals surface area (Å²) in [5, 5.41) is 0.298. The van der Waals surface area contributed by atoms with E-state index in [0.717, 1.165) is 32.5 Å². The highest BCUT2D eigenvalue weighted by atomic mass is 35.5. The van der Waals surface area contributed by atoms with Gasteiger partial charge in [-0.2, -0.15) is 0 Å². The summed E-state index contributed by atoms with van der Waals surface area (Å²) in [6.07, 6.45) is 3.27. The smallest absolute Gasteiger partial charge is 0.344 e. The second-order valence-corrected chi connectivity index (χ2v) is 7.25. The largest absolute Gasteiger partial charge is 0.454 e. The van der Waals surface area contributed by atoms with E-state index in [1.807, 2.05) is 0 Å². The van der Waals surface area contributed by atoms with Crippen molar-refractivity contribution < 1.29 is 19.1 Å². The van der Waals surface area contributed by atoms with Gasteiger partial charge in [-0.3, -0.25) is 9.79 Å². The molecule has 0 unspecified atom stereocenters. The number of ketones is 1. The summed E-state index contributed by atoms with van der Waals surface area (Å²) < 4.78 is 10.5. The Morgan fingerprint density at radius 3 is 2.59 bits per heavy atom. The van der Waals surface area contributed by atoms with Gasteiger partial charge in [0.2, 0.25) is 5.78 Å². The number of Topliss-reactive ketones (excluding diaryl/α,β-unsaturated/α-hetero) is 1. The molecule has 7 nitrogen and oxygen atoms in total. The van der Waals surface area contributed by atoms with Crippen LogP contribution in [-0.2, 0) is 14.3 Å². The van der Waals surface area contributed by atoms with E-state index in [0.29, 0.717) is 23.9 Å². The van der Waals surface area contributed by atoms with Crippen molar-refractivity contribution in [1.29, 1.82) is 0 Å². The van der Waals surface area contributed by atoms with Gasteiger partial charge >= 0.3 is 5.97 Å². The van der Waals surface area contributed by atoms with Gasteiger partial charge in [0.25, 0.3) is 0 Å². The lowest BCUT2D eigenvalue weighted by Crippen LogP contribution is -2.28. The number of hydrogen-bond donors (Lipinski definition) is 2. The Bertz CT molecular complexity index is 786. The molecule has 0 atom stereocenters. The fourth-order valence-corrected chi connectivity index (χ4v) is 3.27. The first-order valence-corrected chi connectivity index (χ1v) is 10.1. The molecule has 4 N–H and O–H groups in total. The van der Waals surface area contributed by atoms with E-state index in [1.165, 1.54) is 0 Å². The van der Waals surface area contributed by atoms with Crippen LogP contribution in [0, 0.1) is 5.92 Å². The van der Waals surface area contributed by atoms with E-state index < -0.39 is 18.4 Å². The number of carbonyl (C=O) groups is 2. The molecule has 1 aliphatic rings. The maximum absolute atomic E-state index is 12.5. The number of carbonyl (C=O) groups excluding carboxylic acids is 2. The minimum atomic E-state index is -0.767. The topological polar surface area (TPSA) is 117 Å². The molecule has 1 saturated heterocycles. The van der Waals surface area contributed by atoms with Crippen LogP contribution < -0.4 is 11.5 Å². The quantitative estimate of drug-likeness (QED) is 0.208. The van der Waals surface area contributed by atoms with Crippen molar-refractivity contribution in [2.75, 3.05) is 26.4 Å². The van der Waals surface area contributed by atoms with Gasteiger partial charge in [0.15, 0.2) is 6.61 Å². The van der Waals surface area contributed by atoms with E-state index in [2.05, 4.69) is 4.99 Å². The molecule has 0 saturated carbocycles. The fraction of sp³-hybridized carbons (Fsp3) is 0.476. The van der Waals surface area contributed by atoms with Crippen molar-refractivity contribution in [3.63, 3.8) is 0 Å². The molecule has 0 spiro atoms. The lowest BCUT2D eigenvalue weighted by atomic mass is 9.97. The van der Waals surface area contributed by atoms with E-state index >= 15 is 0 Å². The Kier molecular flexibility index (Phi) is 9.15. The number of amidine groups is 1. The fourth-order valence-electron chi connectivity index (χ4n) is 3.03. The Hall–Kier alpha value is -2.38. The second-order valence-electron chi connectivity index (χ2n) is 6.84. The van der Waals surface area contributed by atoms with Gasteiger partial charge in [-0.05, 0) is 43.7 Å². The van der Waals surface area contributed by atoms with Crippen LogP contribution in [0.2, 0.25) is 5.02 Å². The van der Waals surface area contributed by atoms with Crippen LogP contribution in [0.4, 0.5) is 0 Å². The van der Waals surface area contributed by atoms with Gasteiger partial charge in [0.05, 0.1) is 5.02 Å². The van der Waals surface area contributed by atoms with Crippen molar-refractivity contribution in [3.05, 3.63) is 46.1 Å². The highest BCUT2D eigenvalue weighted by molar-refractivity contribution is 6.34. The Morgan fingerprint density at radius 1 is 1.24 bits per heavy atom. The predicted molar refractivity (Wildman–Crippen MR) is 113 cm³/mol. The Balaban J connectivity index is 1.99. The van der Waals surface area contributed by atoms with Gasteiger partial charge in [0, 0.05) is 31.0 Å². The maximum atomic E-state index is 12.5. The molecule has 1 fully saturated rings. The molecule has 0 aromatic heterocycles. The molecule has 0 radical (unpaired) electrons. The number of esters is 1. The molecule has 1 aliphatic heterocycles. The van der Waals surface area contributed by atoms with Crippen LogP contribution in [-0.4, -0.2) is 44.0 Å². The summed E-state index contributed by atoms with van der Waals surface area (Å²) in [5.74, 6) is -0.603. The zero-order valence-electron chi connectivity index (χ0n) is 16.7. The van der Waals surface area contributed by atoms with E-state index in [9.17, 15) is 9.59 Å². The number of rotatable bonds is 9. The summed E-state index contributed by atoms with van der Waals surface area (Å²) in [4.78, 5) is 29.1. The first-order chi connectivity index (χ1) is 13.9. The van der Waals surface area contributed by atoms with Crippen molar-refractivity contribution in [2.45, 2.75) is 32.6 Å². The van der Waals surface area contributed by atoms with Crippen molar-refractivity contribution in [1.82, 2.24) is 0 Å². The molecule has 1 aromatic rings. The molecule has 2 rings (SSSR count). The minimum Gasteiger partial charge on any atom is -0.454 e. The summed E-state index contributed by atoms with van der Waals surface area (Å²) in [7, 11) is 0. The van der Waals surface area contributed by atoms with Crippen LogP contribution >= 0.6 is 11.6 Å². The Labute approximate surface area is 176 Å². The first-order valence-electron chi connectivity index (χ1n) is 9.75. The van der Waals surface area contributed by atoms with Crippen LogP contribution in [0.3, 0.4) is 0 Å². The minimum absolute atomic E-state index is 0.0198. The molecule has 158 valence electrons. The standard InChI is InChI=1S/C21H28ClN3O4/c1-2-17(23)19(20(24)25-10-7-14-8-11-28-12-9-14)21(27)29-13-18(26)15-5-3-4-6-16(15)22/h3-6,14H,2,7-13,23H2,1H3,(H2,24,25)/b19-17+. The van der Waals surface area contributed by atoms with E-state index in [-0.39, 0.29) is 22.7 Å². The first kappa shape index (κ1) is 22.9. The predicted octanol–water partition coefficient (Wildman–Crippen LogP) is 2.86. The molecule has 0 aliphatic carbocycles. The number of nitrogens with two attached hydrogens (primary N) is 2. The lowest BCUT2D eigenvalue weighted by molar-refractivity contribution is -0.137. The second kappa shape index (κ2) is 11.6. The van der Waals surface area contributed by atoms with Crippen LogP contribution in [0.5, 0.6) is 0 Å². The highest BCUT2D eigenvalue weighted by Crippen LogP contribution is 2.19. The normalized spacial score (nSPS) is 16.3. The van der Waals surface area contributed by atoms with Gasteiger partial charge in [-0.1, -0.05) is 30.7 Å². The summed E-state index contributed by atoms with van der Waals surface area (Å²) >= 11 is 6.00. The van der Waals surface area contributed by atoms with Crippen LogP contribution in [0.1, 0.15) is 43.0 Å². The highest BCUT2D eigenvalue weighted by Gasteiger charge is 2.21. The Morgan fingerprint density at radius 2 is 1.93 bits per heavy atom. The summed E-state index contributed by atoms with van der Waals surface area (Å²) in [6, 6.07) is 6.57. The molecule has 0 amide bonds. The molecule has 0 bridgehead atoms. The molecule has 29 heavy (non-hydrogen) atoms. The number of benzene rings is 1. The third-order valence-electron chi connectivity index (χ3n) is 4.83. The number of nitrogens with zero attached hydrogens (tertiary/aromatic N) is 1. The molecular formula is C21H28ClN3O4. The zero-order valence-corrected chi connectivity index (χ0v) is 17.4. The van der Waals surface area contributed by atoms with E-state index in [4.69, 9.17) is 32.5 Å². The van der Waals surface area contributed by atoms with E-state index in [1.54, 1.807) is 31.2 Å². The number of halogens is 1. The molecule has 1 aromatic carbocycles. The molecule has 1 heterocycles. The molecular weight excluding hydrogens is 394 g/mol. The number of allylic oxidation sites excluding steroid dienone is 1. The average molecular weight is 422 g/mol. The summed E-state index contributed by atoms with van der Waals surface area (Å²) in [5.41, 5.74) is 12.6. The number of hydrogen-bond acceptors (Lipinski definition) is 6. The van der Waals surface area contributed by atoms with Gasteiger partial charge in [-0.25, -0.2) is 4.79 Å². The number of ether oxygens (including phenoxy) is 2. The van der Waals surface area contributed by atoms with Gasteiger partial charge in [0.1, 0.15) is 11.4 Å². The monoisotopic (exact) mass is 421 g/mol. The lowest BCUT2D eigenvalue weighted by Gasteiger charge is -2.21. The van der Waals surface area contributed by atoms with Crippen molar-refractivity contribution in [2.24, 2.45) is 22.4 Å². The SMILES string of the molecule is CC/C(N)=C(\C(=O)OCC(=O)c1ccccc1Cl)C(N)=NCCC1CCOCC1. The summed E-state index contributed by atoms with van der Waals surface area (Å²) in [6.45, 7) is 3.36. The van der Waals surface area contributed by atoms with Crippen molar-refractivity contribution >= 4 is 29.2 Å². The third kappa shape index (κ3) is 6.87. The third-order valence-corrected chi connectivity index (χ3v) is 5.16. The van der Waals surface area contributed by atoms with Gasteiger partial charge < -0.3 is 20.9 Å². The van der Waals surface area contributed by atoms with Crippen molar-refractivity contribution in [3.8, 4) is 0 Å². The average Bonchev–Trinajstić information content (AvgIpc) is 2.73.